The number of carbonyl (C=O) groups excluding carboxylic acids is 1. The zero-order valence-corrected chi connectivity index (χ0v) is 17.7. The molecule has 6 nitrogen and oxygen atoms in total. The highest BCUT2D eigenvalue weighted by Gasteiger charge is 2.45. The molecule has 0 radical (unpaired) electrons. The molecule has 0 N–H and O–H groups in total. The number of anilines is 1. The van der Waals surface area contributed by atoms with Crippen LogP contribution in [0.3, 0.4) is 0 Å². The Morgan fingerprint density at radius 3 is 2.65 bits per heavy atom. The van der Waals surface area contributed by atoms with E-state index in [1.54, 1.807) is 24.3 Å². The number of nitrogens with zero attached hydrogens (tertiary/aromatic N) is 3. The monoisotopic (exact) mass is 435 g/mol. The first-order chi connectivity index (χ1) is 15.0. The number of halogens is 1. The molecule has 1 unspecified atom stereocenters. The second kappa shape index (κ2) is 7.39. The lowest BCUT2D eigenvalue weighted by Gasteiger charge is -2.22. The van der Waals surface area contributed by atoms with Gasteiger partial charge in [0, 0.05) is 6.42 Å². The van der Waals surface area contributed by atoms with Gasteiger partial charge in [0.2, 0.25) is 10.9 Å². The Labute approximate surface area is 181 Å². The Hall–Kier alpha value is -3.39. The van der Waals surface area contributed by atoms with Gasteiger partial charge in [-0.25, -0.2) is 4.39 Å². The molecular formula is C23H18FN3O3S. The number of aromatic nitrogens is 2. The van der Waals surface area contributed by atoms with E-state index >= 15 is 0 Å². The lowest BCUT2D eigenvalue weighted by atomic mass is 9.98. The van der Waals surface area contributed by atoms with E-state index in [-0.39, 0.29) is 16.8 Å². The van der Waals surface area contributed by atoms with Gasteiger partial charge in [-0.15, -0.1) is 10.2 Å². The molecule has 0 fully saturated rings. The summed E-state index contributed by atoms with van der Waals surface area (Å²) < 4.78 is 19.5. The summed E-state index contributed by atoms with van der Waals surface area (Å²) in [5.74, 6) is -0.867. The van der Waals surface area contributed by atoms with Crippen molar-refractivity contribution in [2.45, 2.75) is 32.7 Å². The lowest BCUT2D eigenvalue weighted by Crippen LogP contribution is -2.29. The van der Waals surface area contributed by atoms with Crippen LogP contribution in [-0.4, -0.2) is 16.1 Å². The molecule has 1 aliphatic heterocycles. The number of rotatable bonds is 4. The van der Waals surface area contributed by atoms with Gasteiger partial charge in [0.05, 0.1) is 17.0 Å². The molecule has 31 heavy (non-hydrogen) atoms. The molecule has 0 bridgehead atoms. The van der Waals surface area contributed by atoms with Crippen molar-refractivity contribution in [1.82, 2.24) is 10.2 Å². The van der Waals surface area contributed by atoms with Crippen molar-refractivity contribution < 1.29 is 13.6 Å². The van der Waals surface area contributed by atoms with Crippen molar-refractivity contribution in [3.8, 4) is 0 Å². The Balaban J connectivity index is 1.77. The van der Waals surface area contributed by atoms with Crippen LogP contribution in [-0.2, 0) is 6.42 Å². The first-order valence-electron chi connectivity index (χ1n) is 9.96. The third-order valence-corrected chi connectivity index (χ3v) is 6.32. The molecule has 3 heterocycles. The number of amides is 1. The summed E-state index contributed by atoms with van der Waals surface area (Å²) in [5.41, 5.74) is 1.82. The number of benzene rings is 2. The summed E-state index contributed by atoms with van der Waals surface area (Å²) >= 11 is 1.31. The first kappa shape index (κ1) is 19.6. The normalized spacial score (nSPS) is 15.6. The Kier molecular flexibility index (Phi) is 4.66. The SMILES string of the molecule is CCCc1nnc(N2C(=O)c3oc4ccc(C)cc4c(=O)c3C2c2ccc(F)cc2)s1. The van der Waals surface area contributed by atoms with E-state index < -0.39 is 17.8 Å². The van der Waals surface area contributed by atoms with Gasteiger partial charge in [-0.3, -0.25) is 14.5 Å². The maximum atomic E-state index is 13.6. The number of carbonyl (C=O) groups is 1. The lowest BCUT2D eigenvalue weighted by molar-refractivity contribution is 0.0970. The van der Waals surface area contributed by atoms with Crippen LogP contribution in [0.2, 0.25) is 0 Å². The van der Waals surface area contributed by atoms with Crippen molar-refractivity contribution in [2.75, 3.05) is 4.90 Å². The van der Waals surface area contributed by atoms with Gasteiger partial charge < -0.3 is 4.42 Å². The van der Waals surface area contributed by atoms with E-state index in [0.717, 1.165) is 23.4 Å². The third-order valence-electron chi connectivity index (χ3n) is 5.34. The van der Waals surface area contributed by atoms with Gasteiger partial charge in [-0.05, 0) is 43.2 Å². The predicted octanol–water partition coefficient (Wildman–Crippen LogP) is 4.79. The fourth-order valence-electron chi connectivity index (χ4n) is 3.90. The molecule has 0 saturated carbocycles. The molecule has 2 aromatic heterocycles. The zero-order valence-electron chi connectivity index (χ0n) is 16.9. The van der Waals surface area contributed by atoms with Gasteiger partial charge in [-0.1, -0.05) is 42.0 Å². The molecule has 1 amide bonds. The van der Waals surface area contributed by atoms with Crippen LogP contribution in [0.15, 0.2) is 51.7 Å². The summed E-state index contributed by atoms with van der Waals surface area (Å²) in [5, 5.41) is 9.99. The standard InChI is InChI=1S/C23H18FN3O3S/c1-3-4-17-25-26-23(31-17)27-19(13-6-8-14(24)9-7-13)18-20(28)15-11-12(2)5-10-16(15)30-21(18)22(27)29/h5-11,19H,3-4H2,1-2H3. The molecule has 0 aliphatic carbocycles. The summed E-state index contributed by atoms with van der Waals surface area (Å²) in [6, 6.07) is 10.3. The van der Waals surface area contributed by atoms with Gasteiger partial charge in [-0.2, -0.15) is 0 Å². The maximum Gasteiger partial charge on any atom is 0.297 e. The molecule has 8 heteroatoms. The molecule has 5 rings (SSSR count). The second-order valence-electron chi connectivity index (χ2n) is 7.53. The van der Waals surface area contributed by atoms with Gasteiger partial charge in [0.25, 0.3) is 5.91 Å². The van der Waals surface area contributed by atoms with E-state index in [0.29, 0.717) is 21.7 Å². The highest BCUT2D eigenvalue weighted by molar-refractivity contribution is 7.15. The fraction of sp³-hybridized carbons (Fsp3) is 0.217. The van der Waals surface area contributed by atoms with Crippen LogP contribution in [0.1, 0.15) is 51.6 Å². The molecule has 1 atom stereocenters. The number of hydrogen-bond acceptors (Lipinski definition) is 6. The van der Waals surface area contributed by atoms with Crippen LogP contribution in [0.4, 0.5) is 9.52 Å². The molecular weight excluding hydrogens is 417 g/mol. The minimum atomic E-state index is -0.772. The van der Waals surface area contributed by atoms with Gasteiger partial charge in [0.1, 0.15) is 16.4 Å². The molecule has 0 saturated heterocycles. The third kappa shape index (κ3) is 3.14. The molecule has 0 spiro atoms. The predicted molar refractivity (Wildman–Crippen MR) is 116 cm³/mol. The highest BCUT2D eigenvalue weighted by atomic mass is 32.1. The molecule has 4 aromatic rings. The first-order valence-corrected chi connectivity index (χ1v) is 10.8. The summed E-state index contributed by atoms with van der Waals surface area (Å²) in [7, 11) is 0. The highest BCUT2D eigenvalue weighted by Crippen LogP contribution is 2.42. The maximum absolute atomic E-state index is 13.6. The molecule has 156 valence electrons. The molecule has 2 aromatic carbocycles. The van der Waals surface area contributed by atoms with E-state index in [1.165, 1.54) is 28.4 Å². The minimum Gasteiger partial charge on any atom is -0.450 e. The van der Waals surface area contributed by atoms with Crippen LogP contribution in [0.25, 0.3) is 11.0 Å². The second-order valence-corrected chi connectivity index (χ2v) is 8.57. The topological polar surface area (TPSA) is 76.3 Å². The Morgan fingerprint density at radius 2 is 1.90 bits per heavy atom. The van der Waals surface area contributed by atoms with Gasteiger partial charge in [0.15, 0.2) is 5.43 Å². The van der Waals surface area contributed by atoms with Crippen molar-refractivity contribution in [3.05, 3.63) is 86.0 Å². The molecule has 1 aliphatic rings. The van der Waals surface area contributed by atoms with E-state index in [1.807, 2.05) is 19.9 Å². The average Bonchev–Trinajstić information content (AvgIpc) is 3.32. The summed E-state index contributed by atoms with van der Waals surface area (Å²) in [6.07, 6.45) is 1.64. The number of hydrogen-bond donors (Lipinski definition) is 0. The van der Waals surface area contributed by atoms with Crippen molar-refractivity contribution >= 4 is 33.3 Å². The zero-order chi connectivity index (χ0) is 21.7. The Morgan fingerprint density at radius 1 is 1.13 bits per heavy atom. The average molecular weight is 435 g/mol. The Bertz CT molecular complexity index is 1380. The van der Waals surface area contributed by atoms with Gasteiger partial charge >= 0.3 is 0 Å². The van der Waals surface area contributed by atoms with Crippen LogP contribution >= 0.6 is 11.3 Å². The fourth-order valence-corrected chi connectivity index (χ4v) is 4.87. The summed E-state index contributed by atoms with van der Waals surface area (Å²) in [4.78, 5) is 28.4. The van der Waals surface area contributed by atoms with Crippen molar-refractivity contribution in [1.29, 1.82) is 0 Å². The minimum absolute atomic E-state index is 0.0112. The van der Waals surface area contributed by atoms with Crippen molar-refractivity contribution in [2.24, 2.45) is 0 Å². The largest absolute Gasteiger partial charge is 0.450 e. The van der Waals surface area contributed by atoms with Crippen LogP contribution < -0.4 is 10.3 Å². The quantitative estimate of drug-likeness (QED) is 0.460. The van der Waals surface area contributed by atoms with E-state index in [9.17, 15) is 14.0 Å². The smallest absolute Gasteiger partial charge is 0.297 e. The number of aryl methyl sites for hydroxylation is 2. The van der Waals surface area contributed by atoms with Crippen LogP contribution in [0, 0.1) is 12.7 Å². The summed E-state index contributed by atoms with van der Waals surface area (Å²) in [6.45, 7) is 3.92. The van der Waals surface area contributed by atoms with Crippen LogP contribution in [0.5, 0.6) is 0 Å². The van der Waals surface area contributed by atoms with E-state index in [4.69, 9.17) is 4.42 Å². The van der Waals surface area contributed by atoms with E-state index in [2.05, 4.69) is 10.2 Å². The van der Waals surface area contributed by atoms with Crippen molar-refractivity contribution in [3.63, 3.8) is 0 Å². The number of fused-ring (bicyclic) bond motifs is 2.